The van der Waals surface area contributed by atoms with E-state index in [1.54, 1.807) is 6.33 Å². The van der Waals surface area contributed by atoms with Crippen molar-refractivity contribution >= 4 is 41.7 Å². The topological polar surface area (TPSA) is 67.1 Å². The van der Waals surface area contributed by atoms with Crippen molar-refractivity contribution in [2.45, 2.75) is 46.2 Å². The molecule has 0 aliphatic rings. The van der Waals surface area contributed by atoms with Crippen molar-refractivity contribution in [2.75, 3.05) is 25.1 Å². The van der Waals surface area contributed by atoms with Crippen LogP contribution in [0.2, 0.25) is 0 Å². The van der Waals surface area contributed by atoms with Gasteiger partial charge in [0.2, 0.25) is 0 Å². The largest absolute Gasteiger partial charge is 0.355 e. The third kappa shape index (κ3) is 7.98. The average Bonchev–Trinajstić information content (AvgIpc) is 3.12. The van der Waals surface area contributed by atoms with E-state index >= 15 is 0 Å². The number of nitrogens with one attached hydrogen (secondary N) is 2. The number of benzene rings is 1. The van der Waals surface area contributed by atoms with Crippen molar-refractivity contribution in [3.8, 4) is 0 Å². The first-order chi connectivity index (χ1) is 13.2. The van der Waals surface area contributed by atoms with Gasteiger partial charge < -0.3 is 15.2 Å². The van der Waals surface area contributed by atoms with Gasteiger partial charge in [-0.1, -0.05) is 31.2 Å². The third-order valence-corrected chi connectivity index (χ3v) is 5.14. The van der Waals surface area contributed by atoms with E-state index in [0.717, 1.165) is 50.0 Å². The zero-order valence-corrected chi connectivity index (χ0v) is 20.5. The molecule has 0 aliphatic carbocycles. The summed E-state index contributed by atoms with van der Waals surface area (Å²) in [5.41, 5.74) is 2.58. The van der Waals surface area contributed by atoms with Crippen LogP contribution in [0.15, 0.2) is 35.6 Å². The maximum atomic E-state index is 4.76. The molecular weight excluding hydrogens is 483 g/mol. The summed E-state index contributed by atoms with van der Waals surface area (Å²) >= 11 is 1.86. The second-order valence-electron chi connectivity index (χ2n) is 6.52. The number of halogens is 1. The first-order valence-electron chi connectivity index (χ1n) is 9.61. The van der Waals surface area contributed by atoms with Crippen molar-refractivity contribution < 1.29 is 0 Å². The molecule has 0 fully saturated rings. The van der Waals surface area contributed by atoms with Gasteiger partial charge in [-0.3, -0.25) is 4.99 Å². The highest BCUT2D eigenvalue weighted by Crippen LogP contribution is 2.16. The first kappa shape index (κ1) is 24.7. The predicted octanol–water partition coefficient (Wildman–Crippen LogP) is 3.82. The Balaban J connectivity index is 0.00000392. The Morgan fingerprint density at radius 2 is 2.11 bits per heavy atom. The van der Waals surface area contributed by atoms with E-state index in [4.69, 9.17) is 4.99 Å². The Kier molecular flexibility index (Phi) is 12.2. The lowest BCUT2D eigenvalue weighted by Gasteiger charge is -2.20. The number of thioether (sulfide) groups is 1. The van der Waals surface area contributed by atoms with Gasteiger partial charge in [-0.2, -0.15) is 11.8 Å². The van der Waals surface area contributed by atoms with Gasteiger partial charge in [0.1, 0.15) is 12.2 Å². The van der Waals surface area contributed by atoms with Crippen LogP contribution in [0.25, 0.3) is 0 Å². The number of nitrogens with zero attached hydrogens (tertiary/aromatic N) is 4. The van der Waals surface area contributed by atoms with Gasteiger partial charge in [0.25, 0.3) is 0 Å². The van der Waals surface area contributed by atoms with Gasteiger partial charge in [-0.05, 0) is 43.4 Å². The highest BCUT2D eigenvalue weighted by atomic mass is 127. The van der Waals surface area contributed by atoms with Crippen molar-refractivity contribution in [1.82, 2.24) is 25.4 Å². The predicted molar refractivity (Wildman–Crippen MR) is 131 cm³/mol. The molecule has 1 unspecified atom stereocenters. The normalized spacial score (nSPS) is 12.4. The number of guanidine groups is 1. The molecule has 0 saturated heterocycles. The SMILES string of the molecule is CCc1nncn1CCNC(=NCCCSC)NC(C)c1ccccc1C.I. The van der Waals surface area contributed by atoms with E-state index in [-0.39, 0.29) is 30.0 Å². The van der Waals surface area contributed by atoms with Crippen molar-refractivity contribution in [3.63, 3.8) is 0 Å². The van der Waals surface area contributed by atoms with E-state index in [0.29, 0.717) is 0 Å². The van der Waals surface area contributed by atoms with Gasteiger partial charge in [0.05, 0.1) is 6.04 Å². The number of aliphatic imine (C=N–C) groups is 1. The molecule has 156 valence electrons. The molecule has 0 saturated carbocycles. The molecule has 2 aromatic rings. The number of rotatable bonds is 10. The van der Waals surface area contributed by atoms with E-state index in [1.807, 2.05) is 11.8 Å². The summed E-state index contributed by atoms with van der Waals surface area (Å²) in [6.45, 7) is 8.84. The van der Waals surface area contributed by atoms with Gasteiger partial charge in [-0.15, -0.1) is 34.2 Å². The fourth-order valence-corrected chi connectivity index (χ4v) is 3.36. The van der Waals surface area contributed by atoms with E-state index in [2.05, 4.69) is 76.7 Å². The van der Waals surface area contributed by atoms with Crippen molar-refractivity contribution in [1.29, 1.82) is 0 Å². The monoisotopic (exact) mass is 516 g/mol. The number of aryl methyl sites for hydroxylation is 2. The highest BCUT2D eigenvalue weighted by molar-refractivity contribution is 14.0. The third-order valence-electron chi connectivity index (χ3n) is 4.44. The molecule has 0 radical (unpaired) electrons. The molecular formula is C20H33IN6S. The Hall–Kier alpha value is -1.29. The summed E-state index contributed by atoms with van der Waals surface area (Å²) in [5.74, 6) is 3.00. The molecule has 0 spiro atoms. The number of aromatic nitrogens is 3. The number of hydrogen-bond acceptors (Lipinski definition) is 4. The van der Waals surface area contributed by atoms with Gasteiger partial charge in [-0.25, -0.2) is 0 Å². The lowest BCUT2D eigenvalue weighted by Crippen LogP contribution is -2.40. The van der Waals surface area contributed by atoms with Crippen LogP contribution < -0.4 is 10.6 Å². The minimum Gasteiger partial charge on any atom is -0.355 e. The fourth-order valence-electron chi connectivity index (χ4n) is 2.94. The lowest BCUT2D eigenvalue weighted by molar-refractivity contribution is 0.618. The smallest absolute Gasteiger partial charge is 0.191 e. The van der Waals surface area contributed by atoms with Crippen LogP contribution in [-0.2, 0) is 13.0 Å². The van der Waals surface area contributed by atoms with Gasteiger partial charge >= 0.3 is 0 Å². The molecule has 1 heterocycles. The van der Waals surface area contributed by atoms with E-state index < -0.39 is 0 Å². The molecule has 8 heteroatoms. The lowest BCUT2D eigenvalue weighted by atomic mass is 10.0. The van der Waals surface area contributed by atoms with Gasteiger partial charge in [0.15, 0.2) is 5.96 Å². The number of hydrogen-bond donors (Lipinski definition) is 2. The average molecular weight is 516 g/mol. The Morgan fingerprint density at radius 3 is 2.82 bits per heavy atom. The first-order valence-corrected chi connectivity index (χ1v) is 11.0. The molecule has 0 bridgehead atoms. The highest BCUT2D eigenvalue weighted by Gasteiger charge is 2.10. The standard InChI is InChI=1S/C20H32N6S.HI/c1-5-19-25-23-15-26(19)13-12-22-20(21-11-8-14-27-4)24-17(3)18-10-7-6-9-16(18)2;/h6-7,9-10,15,17H,5,8,11-14H2,1-4H3,(H2,21,22,24);1H. The van der Waals surface area contributed by atoms with E-state index in [9.17, 15) is 0 Å². The quantitative estimate of drug-likeness (QED) is 0.218. The molecule has 2 N–H and O–H groups in total. The van der Waals surface area contributed by atoms with Crippen LogP contribution in [0.4, 0.5) is 0 Å². The summed E-state index contributed by atoms with van der Waals surface area (Å²) in [6, 6.07) is 8.67. The van der Waals surface area contributed by atoms with Crippen LogP contribution in [0.3, 0.4) is 0 Å². The maximum Gasteiger partial charge on any atom is 0.191 e. The van der Waals surface area contributed by atoms with Crippen LogP contribution in [0, 0.1) is 6.92 Å². The minimum absolute atomic E-state index is 0. The van der Waals surface area contributed by atoms with Crippen LogP contribution >= 0.6 is 35.7 Å². The molecule has 1 aromatic carbocycles. The Bertz CT molecular complexity index is 718. The van der Waals surface area contributed by atoms with Gasteiger partial charge in [0, 0.05) is 26.1 Å². The molecule has 28 heavy (non-hydrogen) atoms. The van der Waals surface area contributed by atoms with Crippen LogP contribution in [0.1, 0.15) is 43.3 Å². The Morgan fingerprint density at radius 1 is 1.32 bits per heavy atom. The van der Waals surface area contributed by atoms with Crippen molar-refractivity contribution in [3.05, 3.63) is 47.5 Å². The summed E-state index contributed by atoms with van der Waals surface area (Å²) in [6.07, 6.45) is 5.89. The summed E-state index contributed by atoms with van der Waals surface area (Å²) in [4.78, 5) is 4.76. The van der Waals surface area contributed by atoms with Crippen LogP contribution in [0.5, 0.6) is 0 Å². The van der Waals surface area contributed by atoms with Crippen molar-refractivity contribution in [2.24, 2.45) is 4.99 Å². The van der Waals surface area contributed by atoms with Crippen LogP contribution in [-0.4, -0.2) is 45.8 Å². The fraction of sp³-hybridized carbons (Fsp3) is 0.550. The maximum absolute atomic E-state index is 4.76. The second-order valence-corrected chi connectivity index (χ2v) is 7.51. The zero-order chi connectivity index (χ0) is 19.5. The molecule has 1 atom stereocenters. The summed E-state index contributed by atoms with van der Waals surface area (Å²) < 4.78 is 2.09. The molecule has 0 amide bonds. The Labute approximate surface area is 190 Å². The zero-order valence-electron chi connectivity index (χ0n) is 17.3. The molecule has 6 nitrogen and oxygen atoms in total. The minimum atomic E-state index is 0. The molecule has 0 aliphatic heterocycles. The molecule has 2 rings (SSSR count). The van der Waals surface area contributed by atoms with E-state index in [1.165, 1.54) is 11.1 Å². The second kappa shape index (κ2) is 13.8. The summed E-state index contributed by atoms with van der Waals surface area (Å²) in [7, 11) is 0. The summed E-state index contributed by atoms with van der Waals surface area (Å²) in [5, 5.41) is 15.1. The molecule has 1 aromatic heterocycles.